The molecule has 0 radical (unpaired) electrons. The summed E-state index contributed by atoms with van der Waals surface area (Å²) in [4.78, 5) is 24.7. The van der Waals surface area contributed by atoms with Gasteiger partial charge in [-0.25, -0.2) is 0 Å². The van der Waals surface area contributed by atoms with Crippen molar-refractivity contribution in [2.24, 2.45) is 0 Å². The van der Waals surface area contributed by atoms with Gasteiger partial charge in [-0.05, 0) is 42.5 Å². The van der Waals surface area contributed by atoms with Crippen LogP contribution in [0.3, 0.4) is 0 Å². The van der Waals surface area contributed by atoms with Gasteiger partial charge in [-0.3, -0.25) is 9.59 Å². The van der Waals surface area contributed by atoms with Crippen molar-refractivity contribution in [2.45, 2.75) is 18.2 Å². The predicted octanol–water partition coefficient (Wildman–Crippen LogP) is 4.44. The lowest BCUT2D eigenvalue weighted by atomic mass is 10.2. The van der Waals surface area contributed by atoms with Gasteiger partial charge in [0.25, 0.3) is 5.91 Å². The highest BCUT2D eigenvalue weighted by molar-refractivity contribution is 7.99. The number of hydrogen-bond donors (Lipinski definition) is 2. The van der Waals surface area contributed by atoms with Gasteiger partial charge in [-0.15, -0.1) is 16.8 Å². The summed E-state index contributed by atoms with van der Waals surface area (Å²) in [5.41, 5.74) is 1.05. The summed E-state index contributed by atoms with van der Waals surface area (Å²) in [5.74, 6) is 0.835. The first-order valence-electron chi connectivity index (χ1n) is 9.74. The predicted molar refractivity (Wildman–Crippen MR) is 130 cm³/mol. The Labute approximate surface area is 205 Å². The average molecular weight is 506 g/mol. The van der Waals surface area contributed by atoms with Crippen molar-refractivity contribution < 1.29 is 14.3 Å². The number of halogens is 2. The molecule has 172 valence electrons. The van der Waals surface area contributed by atoms with Crippen molar-refractivity contribution in [3.63, 3.8) is 0 Å². The van der Waals surface area contributed by atoms with Gasteiger partial charge in [0.15, 0.2) is 11.0 Å². The molecule has 8 nitrogen and oxygen atoms in total. The molecule has 1 heterocycles. The summed E-state index contributed by atoms with van der Waals surface area (Å²) in [5, 5.41) is 15.2. The van der Waals surface area contributed by atoms with E-state index in [2.05, 4.69) is 27.4 Å². The second-order valence-electron chi connectivity index (χ2n) is 6.68. The molecule has 0 atom stereocenters. The number of hydrogen-bond acceptors (Lipinski definition) is 6. The van der Waals surface area contributed by atoms with Crippen molar-refractivity contribution in [1.29, 1.82) is 0 Å². The van der Waals surface area contributed by atoms with Crippen molar-refractivity contribution in [1.82, 2.24) is 20.1 Å². The van der Waals surface area contributed by atoms with E-state index < -0.39 is 0 Å². The third-order valence-electron chi connectivity index (χ3n) is 4.40. The molecule has 2 N–H and O–H groups in total. The summed E-state index contributed by atoms with van der Waals surface area (Å²) in [7, 11) is 1.56. The van der Waals surface area contributed by atoms with Gasteiger partial charge in [0.2, 0.25) is 5.91 Å². The first kappa shape index (κ1) is 24.6. The lowest BCUT2D eigenvalue weighted by Gasteiger charge is -2.09. The number of carbonyl (C=O) groups is 2. The Morgan fingerprint density at radius 2 is 1.91 bits per heavy atom. The third-order valence-corrected chi connectivity index (χ3v) is 6.11. The fourth-order valence-corrected chi connectivity index (χ4v) is 3.84. The maximum absolute atomic E-state index is 12.4. The second-order valence-corrected chi connectivity index (χ2v) is 8.43. The van der Waals surface area contributed by atoms with Crippen molar-refractivity contribution in [3.05, 3.63) is 76.6 Å². The molecule has 3 rings (SSSR count). The van der Waals surface area contributed by atoms with Crippen LogP contribution in [0.1, 0.15) is 16.2 Å². The van der Waals surface area contributed by atoms with Crippen LogP contribution in [0.4, 0.5) is 5.69 Å². The van der Waals surface area contributed by atoms with E-state index in [-0.39, 0.29) is 24.1 Å². The van der Waals surface area contributed by atoms with E-state index in [1.807, 2.05) is 0 Å². The molecular formula is C22H21Cl2N5O3S. The summed E-state index contributed by atoms with van der Waals surface area (Å²) in [6, 6.07) is 11.6. The Morgan fingerprint density at radius 3 is 2.58 bits per heavy atom. The molecular weight excluding hydrogens is 485 g/mol. The molecule has 2 amide bonds. The first-order valence-corrected chi connectivity index (χ1v) is 11.5. The fourth-order valence-electron chi connectivity index (χ4n) is 2.77. The van der Waals surface area contributed by atoms with Gasteiger partial charge in [-0.2, -0.15) is 0 Å². The zero-order valence-electron chi connectivity index (χ0n) is 17.7. The SMILES string of the molecule is C=CCn1c(CNC(=O)c2ccc(OC)cc2)nnc1SCC(=O)Nc1ccc(Cl)c(Cl)c1. The summed E-state index contributed by atoms with van der Waals surface area (Å²) >= 11 is 13.1. The van der Waals surface area contributed by atoms with Crippen molar-refractivity contribution in [2.75, 3.05) is 18.2 Å². The zero-order chi connectivity index (χ0) is 23.8. The summed E-state index contributed by atoms with van der Waals surface area (Å²) in [6.07, 6.45) is 1.69. The minimum Gasteiger partial charge on any atom is -0.497 e. The third kappa shape index (κ3) is 6.74. The highest BCUT2D eigenvalue weighted by Gasteiger charge is 2.15. The maximum atomic E-state index is 12.4. The van der Waals surface area contributed by atoms with Gasteiger partial charge in [0.05, 0.1) is 29.5 Å². The molecule has 0 unspecified atom stereocenters. The van der Waals surface area contributed by atoms with Gasteiger partial charge >= 0.3 is 0 Å². The van der Waals surface area contributed by atoms with Crippen LogP contribution >= 0.6 is 35.0 Å². The lowest BCUT2D eigenvalue weighted by molar-refractivity contribution is -0.113. The van der Waals surface area contributed by atoms with Crippen LogP contribution < -0.4 is 15.4 Å². The zero-order valence-corrected chi connectivity index (χ0v) is 20.0. The number of allylic oxidation sites excluding steroid dienone is 1. The number of methoxy groups -OCH3 is 1. The van der Waals surface area contributed by atoms with E-state index in [9.17, 15) is 9.59 Å². The highest BCUT2D eigenvalue weighted by Crippen LogP contribution is 2.25. The fraction of sp³-hybridized carbons (Fsp3) is 0.182. The number of benzene rings is 2. The molecule has 3 aromatic rings. The quantitative estimate of drug-likeness (QED) is 0.312. The minimum atomic E-state index is -0.249. The molecule has 0 fully saturated rings. The number of anilines is 1. The molecule has 1 aromatic heterocycles. The van der Waals surface area contributed by atoms with Gasteiger partial charge in [-0.1, -0.05) is 41.0 Å². The maximum Gasteiger partial charge on any atom is 0.251 e. The Bertz CT molecular complexity index is 1150. The molecule has 0 saturated heterocycles. The molecule has 0 bridgehead atoms. The van der Waals surface area contributed by atoms with Crippen molar-refractivity contribution in [3.8, 4) is 5.75 Å². The number of amides is 2. The summed E-state index contributed by atoms with van der Waals surface area (Å²) < 4.78 is 6.89. The van der Waals surface area contributed by atoms with Crippen LogP contribution in [0.5, 0.6) is 5.75 Å². The molecule has 0 aliphatic rings. The number of rotatable bonds is 10. The van der Waals surface area contributed by atoms with E-state index in [1.54, 1.807) is 60.2 Å². The lowest BCUT2D eigenvalue weighted by Crippen LogP contribution is -2.24. The van der Waals surface area contributed by atoms with E-state index in [0.717, 1.165) is 0 Å². The molecule has 0 aliphatic heterocycles. The molecule has 0 aliphatic carbocycles. The minimum absolute atomic E-state index is 0.105. The highest BCUT2D eigenvalue weighted by atomic mass is 35.5. The monoisotopic (exact) mass is 505 g/mol. The van der Waals surface area contributed by atoms with Crippen LogP contribution in [0.15, 0.2) is 60.3 Å². The van der Waals surface area contributed by atoms with Gasteiger partial charge < -0.3 is 19.9 Å². The van der Waals surface area contributed by atoms with E-state index in [4.69, 9.17) is 27.9 Å². The molecule has 2 aromatic carbocycles. The number of ether oxygens (including phenoxy) is 1. The molecule has 33 heavy (non-hydrogen) atoms. The standard InChI is InChI=1S/C22H21Cl2N5O3S/c1-3-10-29-19(12-25-21(31)14-4-7-16(32-2)8-5-14)27-28-22(29)33-13-20(30)26-15-6-9-17(23)18(24)11-15/h3-9,11H,1,10,12-13H2,2H3,(H,25,31)(H,26,30). The molecule has 0 saturated carbocycles. The number of thioether (sulfide) groups is 1. The largest absolute Gasteiger partial charge is 0.497 e. The van der Waals surface area contributed by atoms with Crippen LogP contribution in [0.2, 0.25) is 10.0 Å². The van der Waals surface area contributed by atoms with Crippen LogP contribution in [0.25, 0.3) is 0 Å². The van der Waals surface area contributed by atoms with Crippen LogP contribution in [-0.2, 0) is 17.9 Å². The Balaban J connectivity index is 1.59. The molecule has 11 heteroatoms. The normalized spacial score (nSPS) is 10.5. The summed E-state index contributed by atoms with van der Waals surface area (Å²) in [6.45, 7) is 4.35. The van der Waals surface area contributed by atoms with Crippen LogP contribution in [-0.4, -0.2) is 39.4 Å². The smallest absolute Gasteiger partial charge is 0.251 e. The number of nitrogens with one attached hydrogen (secondary N) is 2. The topological polar surface area (TPSA) is 98.1 Å². The van der Waals surface area contributed by atoms with Gasteiger partial charge in [0, 0.05) is 17.8 Å². The first-order chi connectivity index (χ1) is 15.9. The number of nitrogens with zero attached hydrogens (tertiary/aromatic N) is 3. The van der Waals surface area contributed by atoms with E-state index in [0.29, 0.717) is 44.6 Å². The van der Waals surface area contributed by atoms with Crippen LogP contribution in [0, 0.1) is 0 Å². The Hall–Kier alpha value is -3.01. The average Bonchev–Trinajstić information content (AvgIpc) is 3.20. The van der Waals surface area contributed by atoms with Gasteiger partial charge in [0.1, 0.15) is 5.75 Å². The Morgan fingerprint density at radius 1 is 1.15 bits per heavy atom. The molecule has 0 spiro atoms. The van der Waals surface area contributed by atoms with E-state index >= 15 is 0 Å². The second kappa shape index (κ2) is 11.7. The number of carbonyl (C=O) groups excluding carboxylic acids is 2. The van der Waals surface area contributed by atoms with Crippen molar-refractivity contribution >= 4 is 52.5 Å². The van der Waals surface area contributed by atoms with E-state index in [1.165, 1.54) is 11.8 Å². The number of aromatic nitrogens is 3. The Kier molecular flexibility index (Phi) is 8.76.